The molecule has 1 unspecified atom stereocenters. The van der Waals surface area contributed by atoms with Crippen LogP contribution in [0.2, 0.25) is 0 Å². The van der Waals surface area contributed by atoms with E-state index in [0.717, 1.165) is 20.6 Å². The Morgan fingerprint density at radius 1 is 1.53 bits per heavy atom. The number of unbranched alkanes of at least 4 members (excludes halogenated alkanes) is 2. The molecule has 0 radical (unpaired) electrons. The predicted octanol–water partition coefficient (Wildman–Crippen LogP) is 4.52. The lowest BCUT2D eigenvalue weighted by atomic mass is 10.1. The van der Waals surface area contributed by atoms with Crippen LogP contribution in [0.25, 0.3) is 0 Å². The Balaban J connectivity index is 2.43. The summed E-state index contributed by atoms with van der Waals surface area (Å²) in [6, 6.07) is 2.19. The molecule has 17 heavy (non-hydrogen) atoms. The van der Waals surface area contributed by atoms with Crippen molar-refractivity contribution in [1.82, 2.24) is 5.32 Å². The van der Waals surface area contributed by atoms with Crippen LogP contribution in [0, 0.1) is 6.92 Å². The first-order valence-corrected chi connectivity index (χ1v) is 7.72. The second-order valence-electron chi connectivity index (χ2n) is 4.44. The summed E-state index contributed by atoms with van der Waals surface area (Å²) in [4.78, 5) is 12.7. The maximum Gasteiger partial charge on any atom is 0.261 e. The first-order chi connectivity index (χ1) is 8.04. The van der Waals surface area contributed by atoms with E-state index < -0.39 is 0 Å². The molecule has 2 nitrogen and oxygen atoms in total. The van der Waals surface area contributed by atoms with E-state index in [1.54, 1.807) is 0 Å². The summed E-state index contributed by atoms with van der Waals surface area (Å²) < 4.78 is 1.04. The Bertz CT molecular complexity index is 356. The SMILES string of the molecule is CCCCCC(C)NC(=O)c1cc(C)c(Br)s1. The summed E-state index contributed by atoms with van der Waals surface area (Å²) in [7, 11) is 0. The molecule has 1 rings (SSSR count). The van der Waals surface area contributed by atoms with Crippen molar-refractivity contribution in [2.75, 3.05) is 0 Å². The number of carbonyl (C=O) groups excluding carboxylic acids is 1. The Morgan fingerprint density at radius 2 is 2.24 bits per heavy atom. The van der Waals surface area contributed by atoms with Crippen molar-refractivity contribution in [3.8, 4) is 0 Å². The predicted molar refractivity (Wildman–Crippen MR) is 77.8 cm³/mol. The molecular weight excluding hydrogens is 298 g/mol. The minimum absolute atomic E-state index is 0.0489. The fourth-order valence-corrected chi connectivity index (χ4v) is 3.08. The normalized spacial score (nSPS) is 12.5. The van der Waals surface area contributed by atoms with Crippen molar-refractivity contribution in [3.05, 3.63) is 20.3 Å². The summed E-state index contributed by atoms with van der Waals surface area (Å²) in [5.74, 6) is 0.0489. The fourth-order valence-electron chi connectivity index (χ4n) is 1.64. The van der Waals surface area contributed by atoms with Crippen LogP contribution in [-0.2, 0) is 0 Å². The van der Waals surface area contributed by atoms with E-state index in [0.29, 0.717) is 0 Å². The zero-order valence-electron chi connectivity index (χ0n) is 10.7. The highest BCUT2D eigenvalue weighted by molar-refractivity contribution is 9.11. The van der Waals surface area contributed by atoms with Crippen molar-refractivity contribution < 1.29 is 4.79 Å². The van der Waals surface area contributed by atoms with Gasteiger partial charge < -0.3 is 5.32 Å². The molecule has 1 atom stereocenters. The van der Waals surface area contributed by atoms with Crippen LogP contribution < -0.4 is 5.32 Å². The molecule has 96 valence electrons. The van der Waals surface area contributed by atoms with Gasteiger partial charge in [0.15, 0.2) is 0 Å². The number of hydrogen-bond acceptors (Lipinski definition) is 2. The van der Waals surface area contributed by atoms with Crippen LogP contribution in [0.3, 0.4) is 0 Å². The van der Waals surface area contributed by atoms with Gasteiger partial charge in [0.1, 0.15) is 0 Å². The van der Waals surface area contributed by atoms with Gasteiger partial charge in [0, 0.05) is 6.04 Å². The highest BCUT2D eigenvalue weighted by Crippen LogP contribution is 2.27. The van der Waals surface area contributed by atoms with Crippen LogP contribution in [0.1, 0.15) is 54.8 Å². The molecule has 1 amide bonds. The zero-order valence-corrected chi connectivity index (χ0v) is 13.1. The minimum Gasteiger partial charge on any atom is -0.349 e. The summed E-state index contributed by atoms with van der Waals surface area (Å²) in [5, 5.41) is 3.05. The molecule has 0 bridgehead atoms. The fraction of sp³-hybridized carbons (Fsp3) is 0.615. The lowest BCUT2D eigenvalue weighted by Gasteiger charge is -2.12. The number of amides is 1. The summed E-state index contributed by atoms with van der Waals surface area (Å²) in [6.07, 6.45) is 4.71. The lowest BCUT2D eigenvalue weighted by Crippen LogP contribution is -2.31. The van der Waals surface area contributed by atoms with Crippen molar-refractivity contribution in [2.45, 2.75) is 52.5 Å². The van der Waals surface area contributed by atoms with Gasteiger partial charge in [-0.25, -0.2) is 0 Å². The van der Waals surface area contributed by atoms with Gasteiger partial charge >= 0.3 is 0 Å². The molecule has 4 heteroatoms. The van der Waals surface area contributed by atoms with Gasteiger partial charge in [-0.3, -0.25) is 4.79 Å². The van der Waals surface area contributed by atoms with Crippen LogP contribution in [0.5, 0.6) is 0 Å². The molecule has 0 aliphatic rings. The van der Waals surface area contributed by atoms with Gasteiger partial charge in [-0.2, -0.15) is 0 Å². The molecule has 0 spiro atoms. The van der Waals surface area contributed by atoms with Gasteiger partial charge in [0.05, 0.1) is 8.66 Å². The average molecular weight is 318 g/mol. The Morgan fingerprint density at radius 3 is 2.76 bits per heavy atom. The average Bonchev–Trinajstić information content (AvgIpc) is 2.60. The highest BCUT2D eigenvalue weighted by atomic mass is 79.9. The highest BCUT2D eigenvalue weighted by Gasteiger charge is 2.13. The molecule has 1 aromatic heterocycles. The third-order valence-electron chi connectivity index (χ3n) is 2.70. The second-order valence-corrected chi connectivity index (χ2v) is 6.81. The number of rotatable bonds is 6. The number of halogens is 1. The Hall–Kier alpha value is -0.350. The van der Waals surface area contributed by atoms with Crippen molar-refractivity contribution in [1.29, 1.82) is 0 Å². The number of nitrogens with one attached hydrogen (secondary N) is 1. The van der Waals surface area contributed by atoms with Crippen LogP contribution in [0.15, 0.2) is 9.85 Å². The monoisotopic (exact) mass is 317 g/mol. The van der Waals surface area contributed by atoms with Gasteiger partial charge in [0.2, 0.25) is 0 Å². The second kappa shape index (κ2) is 7.17. The Kier molecular flexibility index (Phi) is 6.20. The van der Waals surface area contributed by atoms with E-state index in [2.05, 4.69) is 35.1 Å². The van der Waals surface area contributed by atoms with E-state index in [-0.39, 0.29) is 11.9 Å². The molecule has 1 heterocycles. The molecule has 0 aliphatic heterocycles. The molecule has 1 N–H and O–H groups in total. The minimum atomic E-state index is 0.0489. The molecule has 0 saturated carbocycles. The van der Waals surface area contributed by atoms with Crippen LogP contribution in [0.4, 0.5) is 0 Å². The standard InChI is InChI=1S/C13H20BrNOS/c1-4-5-6-7-10(3)15-13(16)11-8-9(2)12(14)17-11/h8,10H,4-7H2,1-3H3,(H,15,16). The maximum atomic E-state index is 11.9. The van der Waals surface area contributed by atoms with Crippen molar-refractivity contribution in [2.24, 2.45) is 0 Å². The van der Waals surface area contributed by atoms with E-state index in [9.17, 15) is 4.79 Å². The number of thiophene rings is 1. The quantitative estimate of drug-likeness (QED) is 0.768. The van der Waals surface area contributed by atoms with Crippen molar-refractivity contribution in [3.63, 3.8) is 0 Å². The molecular formula is C13H20BrNOS. The van der Waals surface area contributed by atoms with E-state index in [1.165, 1.54) is 30.6 Å². The molecule has 0 aromatic carbocycles. The molecule has 0 aliphatic carbocycles. The Labute approximate surface area is 116 Å². The van der Waals surface area contributed by atoms with Gasteiger partial charge in [-0.15, -0.1) is 11.3 Å². The first kappa shape index (κ1) is 14.7. The number of aryl methyl sites for hydroxylation is 1. The molecule has 0 saturated heterocycles. The zero-order chi connectivity index (χ0) is 12.8. The largest absolute Gasteiger partial charge is 0.349 e. The summed E-state index contributed by atoms with van der Waals surface area (Å²) in [5.41, 5.74) is 1.12. The van der Waals surface area contributed by atoms with E-state index in [4.69, 9.17) is 0 Å². The maximum absolute atomic E-state index is 11.9. The van der Waals surface area contributed by atoms with Gasteiger partial charge in [0.25, 0.3) is 5.91 Å². The number of hydrogen-bond donors (Lipinski definition) is 1. The topological polar surface area (TPSA) is 29.1 Å². The van der Waals surface area contributed by atoms with Gasteiger partial charge in [-0.1, -0.05) is 26.2 Å². The molecule has 0 fully saturated rings. The summed E-state index contributed by atoms with van der Waals surface area (Å²) >= 11 is 4.94. The van der Waals surface area contributed by atoms with E-state index in [1.807, 2.05) is 13.0 Å². The van der Waals surface area contributed by atoms with Crippen LogP contribution >= 0.6 is 27.3 Å². The van der Waals surface area contributed by atoms with Crippen LogP contribution in [-0.4, -0.2) is 11.9 Å². The molecule has 1 aromatic rings. The third-order valence-corrected chi connectivity index (χ3v) is 4.83. The number of carbonyl (C=O) groups is 1. The van der Waals surface area contributed by atoms with E-state index >= 15 is 0 Å². The third kappa shape index (κ3) is 4.80. The smallest absolute Gasteiger partial charge is 0.261 e. The van der Waals surface area contributed by atoms with Gasteiger partial charge in [-0.05, 0) is 47.8 Å². The van der Waals surface area contributed by atoms with Crippen molar-refractivity contribution >= 4 is 33.2 Å². The lowest BCUT2D eigenvalue weighted by molar-refractivity contribution is 0.0942. The first-order valence-electron chi connectivity index (χ1n) is 6.11. The summed E-state index contributed by atoms with van der Waals surface area (Å²) in [6.45, 7) is 6.26.